The van der Waals surface area contributed by atoms with Crippen molar-refractivity contribution in [2.75, 3.05) is 32.7 Å². The van der Waals surface area contributed by atoms with Crippen LogP contribution in [0.5, 0.6) is 5.75 Å². The first kappa shape index (κ1) is 13.3. The normalized spacial score (nSPS) is 11.6. The second-order valence-corrected chi connectivity index (χ2v) is 3.52. The number of nitrogens with one attached hydrogen (secondary N) is 1. The maximum absolute atomic E-state index is 9.49. The number of ether oxygens (including phenoxy) is 2. The van der Waals surface area contributed by atoms with Gasteiger partial charge in [0.15, 0.2) is 0 Å². The minimum atomic E-state index is -0.583. The quantitative estimate of drug-likeness (QED) is 0.770. The van der Waals surface area contributed by atoms with Crippen molar-refractivity contribution in [2.24, 2.45) is 0 Å². The average molecular weight is 236 g/mol. The molecule has 0 saturated heterocycles. The second-order valence-electron chi connectivity index (χ2n) is 3.52. The Hall–Kier alpha value is -1.77. The summed E-state index contributed by atoms with van der Waals surface area (Å²) in [6, 6.07) is 7.12. The highest BCUT2D eigenvalue weighted by molar-refractivity contribution is 5.59. The molecule has 0 aliphatic rings. The van der Waals surface area contributed by atoms with Crippen LogP contribution in [0, 0.1) is 11.3 Å². The first-order valence-electron chi connectivity index (χ1n) is 5.20. The zero-order valence-electron chi connectivity index (χ0n) is 9.93. The summed E-state index contributed by atoms with van der Waals surface area (Å²) in [6.07, 6.45) is -0.583. The molecule has 1 rings (SSSR count). The minimum Gasteiger partial charge on any atom is -0.495 e. The first-order valence-corrected chi connectivity index (χ1v) is 5.20. The number of methoxy groups -OCH3 is 2. The van der Waals surface area contributed by atoms with E-state index in [4.69, 9.17) is 14.7 Å². The van der Waals surface area contributed by atoms with Crippen LogP contribution < -0.4 is 10.1 Å². The summed E-state index contributed by atoms with van der Waals surface area (Å²) in [6.45, 7) is 0.627. The Bertz CT molecular complexity index is 401. The molecule has 2 N–H and O–H groups in total. The lowest BCUT2D eigenvalue weighted by Crippen LogP contribution is -2.24. The molecule has 0 heterocycles. The Kier molecular flexibility index (Phi) is 5.27. The number of aliphatic hydroxyl groups excluding tert-OH is 1. The van der Waals surface area contributed by atoms with Crippen LogP contribution in [0.3, 0.4) is 0 Å². The van der Waals surface area contributed by atoms with Crippen LogP contribution in [0.25, 0.3) is 0 Å². The molecule has 92 valence electrons. The molecule has 5 nitrogen and oxygen atoms in total. The number of hydrogen-bond acceptors (Lipinski definition) is 5. The molecule has 0 amide bonds. The summed E-state index contributed by atoms with van der Waals surface area (Å²) in [5.74, 6) is 0.577. The molecule has 1 unspecified atom stereocenters. The molecule has 0 aromatic heterocycles. The molecule has 0 radical (unpaired) electrons. The van der Waals surface area contributed by atoms with Gasteiger partial charge < -0.3 is 19.9 Å². The van der Waals surface area contributed by atoms with Gasteiger partial charge in [-0.3, -0.25) is 0 Å². The minimum absolute atomic E-state index is 0.269. The van der Waals surface area contributed by atoms with Gasteiger partial charge in [-0.15, -0.1) is 0 Å². The fourth-order valence-corrected chi connectivity index (χ4v) is 1.39. The van der Waals surface area contributed by atoms with Crippen molar-refractivity contribution in [3.63, 3.8) is 0 Å². The zero-order chi connectivity index (χ0) is 12.7. The van der Waals surface area contributed by atoms with E-state index in [2.05, 4.69) is 5.32 Å². The molecule has 0 aliphatic heterocycles. The lowest BCUT2D eigenvalue weighted by molar-refractivity contribution is 0.0727. The van der Waals surface area contributed by atoms with Crippen LogP contribution >= 0.6 is 0 Å². The van der Waals surface area contributed by atoms with Crippen LogP contribution in [0.15, 0.2) is 18.2 Å². The van der Waals surface area contributed by atoms with Crippen molar-refractivity contribution in [2.45, 2.75) is 6.10 Å². The maximum Gasteiger partial charge on any atom is 0.143 e. The predicted molar refractivity (Wildman–Crippen MR) is 64.1 cm³/mol. The van der Waals surface area contributed by atoms with Gasteiger partial charge in [-0.2, -0.15) is 5.26 Å². The Labute approximate surface area is 101 Å². The number of nitriles is 1. The molecular weight excluding hydrogens is 220 g/mol. The van der Waals surface area contributed by atoms with Crippen molar-refractivity contribution >= 4 is 5.69 Å². The Morgan fingerprint density at radius 1 is 1.47 bits per heavy atom. The van der Waals surface area contributed by atoms with E-state index in [9.17, 15) is 5.11 Å². The van der Waals surface area contributed by atoms with Crippen molar-refractivity contribution in [1.82, 2.24) is 0 Å². The lowest BCUT2D eigenvalue weighted by Gasteiger charge is -2.14. The summed E-state index contributed by atoms with van der Waals surface area (Å²) in [4.78, 5) is 0. The number of nitrogens with zero attached hydrogens (tertiary/aromatic N) is 1. The number of benzene rings is 1. The summed E-state index contributed by atoms with van der Waals surface area (Å²) >= 11 is 0. The van der Waals surface area contributed by atoms with Gasteiger partial charge in [0, 0.05) is 19.7 Å². The average Bonchev–Trinajstić information content (AvgIpc) is 2.36. The van der Waals surface area contributed by atoms with Gasteiger partial charge in [-0.05, 0) is 12.1 Å². The van der Waals surface area contributed by atoms with Crippen molar-refractivity contribution in [3.05, 3.63) is 23.8 Å². The van der Waals surface area contributed by atoms with E-state index in [1.54, 1.807) is 18.2 Å². The third-order valence-corrected chi connectivity index (χ3v) is 2.22. The summed E-state index contributed by atoms with van der Waals surface area (Å²) in [5.41, 5.74) is 1.27. The molecule has 0 saturated carbocycles. The summed E-state index contributed by atoms with van der Waals surface area (Å²) in [7, 11) is 3.07. The van der Waals surface area contributed by atoms with Crippen molar-refractivity contribution in [1.29, 1.82) is 5.26 Å². The van der Waals surface area contributed by atoms with Gasteiger partial charge in [0.25, 0.3) is 0 Å². The molecule has 1 aromatic rings. The van der Waals surface area contributed by atoms with Crippen molar-refractivity contribution < 1.29 is 14.6 Å². The molecule has 17 heavy (non-hydrogen) atoms. The SMILES string of the molecule is COCC(O)CNc1ccc(C#N)cc1OC. The molecule has 0 bridgehead atoms. The van der Waals surface area contributed by atoms with Gasteiger partial charge in [0.1, 0.15) is 5.75 Å². The van der Waals surface area contributed by atoms with Gasteiger partial charge >= 0.3 is 0 Å². The van der Waals surface area contributed by atoms with Crippen LogP contribution in [0.4, 0.5) is 5.69 Å². The summed E-state index contributed by atoms with van der Waals surface area (Å²) < 4.78 is 9.97. The van der Waals surface area contributed by atoms with E-state index in [1.165, 1.54) is 14.2 Å². The van der Waals surface area contributed by atoms with Crippen LogP contribution in [-0.4, -0.2) is 38.6 Å². The fraction of sp³-hybridized carbons (Fsp3) is 0.417. The topological polar surface area (TPSA) is 74.5 Å². The number of rotatable bonds is 6. The van der Waals surface area contributed by atoms with E-state index in [0.717, 1.165) is 5.69 Å². The van der Waals surface area contributed by atoms with Gasteiger partial charge in [-0.25, -0.2) is 0 Å². The molecule has 0 fully saturated rings. The molecule has 0 spiro atoms. The third-order valence-electron chi connectivity index (χ3n) is 2.22. The van der Waals surface area contributed by atoms with E-state index in [-0.39, 0.29) is 6.61 Å². The smallest absolute Gasteiger partial charge is 0.143 e. The molecular formula is C12H16N2O3. The number of hydrogen-bond donors (Lipinski definition) is 2. The van der Waals surface area contributed by atoms with E-state index < -0.39 is 6.10 Å². The third kappa shape index (κ3) is 3.94. The maximum atomic E-state index is 9.49. The molecule has 1 aromatic carbocycles. The monoisotopic (exact) mass is 236 g/mol. The highest BCUT2D eigenvalue weighted by atomic mass is 16.5. The Balaban J connectivity index is 2.68. The van der Waals surface area contributed by atoms with Gasteiger partial charge in [0.2, 0.25) is 0 Å². The van der Waals surface area contributed by atoms with Crippen LogP contribution in [0.2, 0.25) is 0 Å². The molecule has 5 heteroatoms. The number of aliphatic hydroxyl groups is 1. The van der Waals surface area contributed by atoms with E-state index >= 15 is 0 Å². The largest absolute Gasteiger partial charge is 0.495 e. The molecule has 1 atom stereocenters. The standard InChI is InChI=1S/C12H16N2O3/c1-16-8-10(15)7-14-11-4-3-9(6-13)5-12(11)17-2/h3-5,10,14-15H,7-8H2,1-2H3. The highest BCUT2D eigenvalue weighted by Gasteiger charge is 2.07. The number of anilines is 1. The Morgan fingerprint density at radius 3 is 2.82 bits per heavy atom. The molecule has 0 aliphatic carbocycles. The van der Waals surface area contributed by atoms with Crippen molar-refractivity contribution in [3.8, 4) is 11.8 Å². The van der Waals surface area contributed by atoms with Crippen LogP contribution in [-0.2, 0) is 4.74 Å². The highest BCUT2D eigenvalue weighted by Crippen LogP contribution is 2.25. The predicted octanol–water partition coefficient (Wildman–Crippen LogP) is 0.986. The Morgan fingerprint density at radius 2 is 2.24 bits per heavy atom. The lowest BCUT2D eigenvalue weighted by atomic mass is 10.2. The fourth-order valence-electron chi connectivity index (χ4n) is 1.39. The summed E-state index contributed by atoms with van der Waals surface area (Å²) in [5, 5.41) is 21.3. The van der Waals surface area contributed by atoms with E-state index in [1.807, 2.05) is 6.07 Å². The zero-order valence-corrected chi connectivity index (χ0v) is 9.93. The van der Waals surface area contributed by atoms with Gasteiger partial charge in [-0.1, -0.05) is 0 Å². The van der Waals surface area contributed by atoms with Gasteiger partial charge in [0.05, 0.1) is 37.1 Å². The van der Waals surface area contributed by atoms with Crippen LogP contribution in [0.1, 0.15) is 5.56 Å². The van der Waals surface area contributed by atoms with E-state index in [0.29, 0.717) is 17.9 Å². The first-order chi connectivity index (χ1) is 8.21. The second kappa shape index (κ2) is 6.74.